The summed E-state index contributed by atoms with van der Waals surface area (Å²) in [7, 11) is 0. The highest BCUT2D eigenvalue weighted by molar-refractivity contribution is 7.99. The number of carbonyl (C=O) groups excluding carboxylic acids is 1. The van der Waals surface area contributed by atoms with Gasteiger partial charge in [-0.05, 0) is 53.9 Å². The first-order valence-corrected chi connectivity index (χ1v) is 10.7. The largest absolute Gasteiger partial charge is 0.343 e. The highest BCUT2D eigenvalue weighted by Crippen LogP contribution is 2.23. The zero-order valence-electron chi connectivity index (χ0n) is 15.6. The average molecular weight is 410 g/mol. The summed E-state index contributed by atoms with van der Waals surface area (Å²) in [6, 6.07) is 15.8. The van der Waals surface area contributed by atoms with Gasteiger partial charge in [0, 0.05) is 21.8 Å². The number of para-hydroxylation sites is 1. The van der Waals surface area contributed by atoms with Gasteiger partial charge in [0.05, 0.1) is 18.0 Å². The molecule has 0 spiro atoms. The van der Waals surface area contributed by atoms with Crippen LogP contribution in [-0.4, -0.2) is 36.3 Å². The minimum absolute atomic E-state index is 0.0816. The number of carbonyl (C=O) groups is 1. The molecule has 3 heterocycles. The van der Waals surface area contributed by atoms with Crippen LogP contribution >= 0.6 is 23.1 Å². The van der Waals surface area contributed by atoms with Crippen molar-refractivity contribution in [3.05, 3.63) is 75.7 Å². The highest BCUT2D eigenvalue weighted by atomic mass is 32.2. The Bertz CT molecular complexity index is 1080. The van der Waals surface area contributed by atoms with Gasteiger partial charge in [0.2, 0.25) is 5.16 Å². The summed E-state index contributed by atoms with van der Waals surface area (Å²) in [6.07, 6.45) is 0. The molecular weight excluding hydrogens is 390 g/mol. The molecule has 0 saturated carbocycles. The fourth-order valence-corrected chi connectivity index (χ4v) is 4.56. The number of ketones is 1. The molecule has 0 amide bonds. The van der Waals surface area contributed by atoms with E-state index in [0.717, 1.165) is 29.2 Å². The minimum atomic E-state index is 0.0816. The Kier molecular flexibility index (Phi) is 5.40. The average Bonchev–Trinajstić information content (AvgIpc) is 3.44. The van der Waals surface area contributed by atoms with E-state index in [2.05, 4.69) is 31.5 Å². The van der Waals surface area contributed by atoms with E-state index < -0.39 is 0 Å². The zero-order valence-corrected chi connectivity index (χ0v) is 17.2. The van der Waals surface area contributed by atoms with Crippen LogP contribution in [0.5, 0.6) is 0 Å². The summed E-state index contributed by atoms with van der Waals surface area (Å²) < 4.78 is 3.84. The number of aromatic nitrogens is 5. The van der Waals surface area contributed by atoms with E-state index in [4.69, 9.17) is 0 Å². The Labute approximate surface area is 171 Å². The molecule has 0 bridgehead atoms. The highest BCUT2D eigenvalue weighted by Gasteiger charge is 2.18. The zero-order chi connectivity index (χ0) is 19.5. The molecule has 0 fully saturated rings. The third-order valence-electron chi connectivity index (χ3n) is 4.54. The Balaban J connectivity index is 1.49. The van der Waals surface area contributed by atoms with E-state index in [1.807, 2.05) is 56.3 Å². The third kappa shape index (κ3) is 3.79. The lowest BCUT2D eigenvalue weighted by Crippen LogP contribution is -2.08. The fourth-order valence-electron chi connectivity index (χ4n) is 3.09. The number of tetrazole rings is 1. The molecule has 142 valence electrons. The second kappa shape index (κ2) is 8.12. The van der Waals surface area contributed by atoms with Crippen LogP contribution in [0.1, 0.15) is 26.6 Å². The fraction of sp³-hybridized carbons (Fsp3) is 0.200. The van der Waals surface area contributed by atoms with Gasteiger partial charge in [-0.3, -0.25) is 4.79 Å². The minimum Gasteiger partial charge on any atom is -0.343 e. The number of nitrogens with zero attached hydrogens (tertiary/aromatic N) is 5. The number of thiophene rings is 1. The van der Waals surface area contributed by atoms with Crippen molar-refractivity contribution >= 4 is 28.9 Å². The maximum Gasteiger partial charge on any atom is 0.214 e. The summed E-state index contributed by atoms with van der Waals surface area (Å²) in [6.45, 7) is 4.84. The van der Waals surface area contributed by atoms with Crippen LogP contribution < -0.4 is 0 Å². The maximum atomic E-state index is 12.9. The van der Waals surface area contributed by atoms with Gasteiger partial charge in [0.15, 0.2) is 5.78 Å². The summed E-state index contributed by atoms with van der Waals surface area (Å²) >= 11 is 3.08. The molecule has 0 saturated heterocycles. The van der Waals surface area contributed by atoms with Crippen molar-refractivity contribution in [2.24, 2.45) is 0 Å². The van der Waals surface area contributed by atoms with Gasteiger partial charge in [-0.25, -0.2) is 0 Å². The van der Waals surface area contributed by atoms with Crippen LogP contribution in [0.2, 0.25) is 0 Å². The molecule has 0 N–H and O–H groups in total. The van der Waals surface area contributed by atoms with Crippen LogP contribution in [0.4, 0.5) is 0 Å². The molecule has 6 nitrogen and oxygen atoms in total. The molecule has 4 aromatic rings. The molecule has 0 aliphatic rings. The number of aryl methyl sites for hydroxylation is 1. The number of hydrogen-bond acceptors (Lipinski definition) is 6. The molecule has 3 aromatic heterocycles. The molecule has 0 radical (unpaired) electrons. The predicted molar refractivity (Wildman–Crippen MR) is 112 cm³/mol. The van der Waals surface area contributed by atoms with E-state index in [0.29, 0.717) is 5.16 Å². The first kappa shape index (κ1) is 18.6. The summed E-state index contributed by atoms with van der Waals surface area (Å²) in [5, 5.41) is 14.5. The van der Waals surface area contributed by atoms with Crippen molar-refractivity contribution in [3.63, 3.8) is 0 Å². The molecule has 0 aliphatic carbocycles. The van der Waals surface area contributed by atoms with E-state index in [-0.39, 0.29) is 11.5 Å². The van der Waals surface area contributed by atoms with Crippen molar-refractivity contribution in [2.45, 2.75) is 25.5 Å². The molecule has 1 aromatic carbocycles. The van der Waals surface area contributed by atoms with Crippen LogP contribution in [0.3, 0.4) is 0 Å². The van der Waals surface area contributed by atoms with Crippen molar-refractivity contribution < 1.29 is 4.79 Å². The summed E-state index contributed by atoms with van der Waals surface area (Å²) in [5.74, 6) is 0.370. The number of rotatable bonds is 7. The Morgan fingerprint density at radius 2 is 1.96 bits per heavy atom. The van der Waals surface area contributed by atoms with Crippen LogP contribution in [0, 0.1) is 13.8 Å². The van der Waals surface area contributed by atoms with Gasteiger partial charge in [-0.1, -0.05) is 36.0 Å². The quantitative estimate of drug-likeness (QED) is 0.339. The topological polar surface area (TPSA) is 65.6 Å². The predicted octanol–water partition coefficient (Wildman–Crippen LogP) is 4.17. The number of benzene rings is 1. The number of thioether (sulfide) groups is 1. The number of Topliss-reactive ketones (excluding diaryl/α,β-unsaturated/α-hetero) is 1. The van der Waals surface area contributed by atoms with E-state index >= 15 is 0 Å². The van der Waals surface area contributed by atoms with Gasteiger partial charge in [0.1, 0.15) is 0 Å². The summed E-state index contributed by atoms with van der Waals surface area (Å²) in [4.78, 5) is 14.1. The molecule has 28 heavy (non-hydrogen) atoms. The third-order valence-corrected chi connectivity index (χ3v) is 6.32. The second-order valence-electron chi connectivity index (χ2n) is 6.37. The van der Waals surface area contributed by atoms with Gasteiger partial charge in [-0.2, -0.15) is 4.68 Å². The van der Waals surface area contributed by atoms with Gasteiger partial charge in [0.25, 0.3) is 0 Å². The van der Waals surface area contributed by atoms with E-state index in [1.165, 1.54) is 16.6 Å². The smallest absolute Gasteiger partial charge is 0.214 e. The Morgan fingerprint density at radius 1 is 1.14 bits per heavy atom. The van der Waals surface area contributed by atoms with Crippen LogP contribution in [0.25, 0.3) is 5.69 Å². The molecule has 0 atom stereocenters. The molecule has 0 unspecified atom stereocenters. The summed E-state index contributed by atoms with van der Waals surface area (Å²) in [5.41, 5.74) is 3.73. The van der Waals surface area contributed by atoms with Crippen molar-refractivity contribution in [1.29, 1.82) is 0 Å². The lowest BCUT2D eigenvalue weighted by molar-refractivity contribution is 0.102. The number of hydrogen-bond donors (Lipinski definition) is 0. The molecule has 0 aliphatic heterocycles. The first-order valence-electron chi connectivity index (χ1n) is 8.82. The molecule has 4 rings (SSSR count). The lowest BCUT2D eigenvalue weighted by Gasteiger charge is -2.08. The van der Waals surface area contributed by atoms with Crippen LogP contribution in [-0.2, 0) is 6.54 Å². The second-order valence-corrected chi connectivity index (χ2v) is 8.35. The standard InChI is InChI=1S/C20H19N5OS2/c1-14-11-18(15(2)24(14)12-17-9-6-10-27-17)19(26)13-28-20-21-22-23-25(20)16-7-4-3-5-8-16/h3-11H,12-13H2,1-2H3. The van der Waals surface area contributed by atoms with Gasteiger partial charge < -0.3 is 4.57 Å². The van der Waals surface area contributed by atoms with Gasteiger partial charge in [-0.15, -0.1) is 16.4 Å². The van der Waals surface area contributed by atoms with E-state index in [1.54, 1.807) is 16.0 Å². The van der Waals surface area contributed by atoms with Crippen molar-refractivity contribution in [2.75, 3.05) is 5.75 Å². The van der Waals surface area contributed by atoms with Crippen molar-refractivity contribution in [3.8, 4) is 5.69 Å². The molecule has 8 heteroatoms. The molecular formula is C20H19N5OS2. The Morgan fingerprint density at radius 3 is 2.71 bits per heavy atom. The van der Waals surface area contributed by atoms with Gasteiger partial charge >= 0.3 is 0 Å². The Hall–Kier alpha value is -2.71. The maximum absolute atomic E-state index is 12.9. The first-order chi connectivity index (χ1) is 13.6. The normalized spacial score (nSPS) is 11.1. The monoisotopic (exact) mass is 409 g/mol. The SMILES string of the molecule is Cc1cc(C(=O)CSc2nnnn2-c2ccccc2)c(C)n1Cc1cccs1. The van der Waals surface area contributed by atoms with Crippen LogP contribution in [0.15, 0.2) is 59.1 Å². The van der Waals surface area contributed by atoms with E-state index in [9.17, 15) is 4.79 Å². The lowest BCUT2D eigenvalue weighted by atomic mass is 10.2. The van der Waals surface area contributed by atoms with Crippen molar-refractivity contribution in [1.82, 2.24) is 24.8 Å².